The number of benzene rings is 2. The van der Waals surface area contributed by atoms with Crippen molar-refractivity contribution in [3.8, 4) is 11.4 Å². The van der Waals surface area contributed by atoms with Crippen LogP contribution in [0, 0.1) is 12.8 Å². The van der Waals surface area contributed by atoms with Gasteiger partial charge in [0.05, 0.1) is 22.1 Å². The highest BCUT2D eigenvalue weighted by molar-refractivity contribution is 5.88. The minimum Gasteiger partial charge on any atom is -0.367 e. The molecule has 1 amide bonds. The van der Waals surface area contributed by atoms with Crippen molar-refractivity contribution >= 4 is 39.4 Å². The van der Waals surface area contributed by atoms with Crippen molar-refractivity contribution in [1.82, 2.24) is 34.4 Å². The first-order chi connectivity index (χ1) is 17.4. The number of para-hydroxylation sites is 2. The lowest BCUT2D eigenvalue weighted by Crippen LogP contribution is -2.25. The number of fused-ring (bicyclic) bond motifs is 4. The summed E-state index contributed by atoms with van der Waals surface area (Å²) in [5.41, 5.74) is 5.57. The number of hydrogen-bond acceptors (Lipinski definition) is 6. The van der Waals surface area contributed by atoms with Gasteiger partial charge in [-0.05, 0) is 56.0 Å². The quantitative estimate of drug-likeness (QED) is 0.299. The van der Waals surface area contributed by atoms with E-state index >= 15 is 0 Å². The predicted octanol–water partition coefficient (Wildman–Crippen LogP) is 4.49. The molecule has 0 atom stereocenters. The standard InChI is InChI=1S/C27H32N8O/c1-17(2)15-24(36)28-13-7-8-14-29-25-27-33-32-18(3)35(27)23-12-11-19(16-21(23)30-25)26-31-20-9-5-6-10-22(20)34(26)4/h5-6,9-12,16-17H,7-8,13-15H2,1-4H3,(H,28,36)(H,29,30). The van der Waals surface area contributed by atoms with Gasteiger partial charge in [0.1, 0.15) is 11.6 Å². The van der Waals surface area contributed by atoms with Crippen molar-refractivity contribution in [2.45, 2.75) is 40.0 Å². The third-order valence-corrected chi connectivity index (χ3v) is 6.34. The fourth-order valence-electron chi connectivity index (χ4n) is 4.57. The van der Waals surface area contributed by atoms with E-state index in [1.807, 2.05) is 50.4 Å². The number of imidazole rings is 1. The van der Waals surface area contributed by atoms with Crippen LogP contribution in [0.25, 0.3) is 39.1 Å². The van der Waals surface area contributed by atoms with Gasteiger partial charge in [-0.2, -0.15) is 0 Å². The predicted molar refractivity (Wildman–Crippen MR) is 143 cm³/mol. The number of nitrogens with one attached hydrogen (secondary N) is 2. The zero-order valence-corrected chi connectivity index (χ0v) is 21.2. The number of anilines is 1. The molecule has 0 aliphatic carbocycles. The van der Waals surface area contributed by atoms with Crippen LogP contribution in [0.4, 0.5) is 5.82 Å². The highest BCUT2D eigenvalue weighted by atomic mass is 16.1. The molecule has 5 rings (SSSR count). The maximum Gasteiger partial charge on any atom is 0.220 e. The van der Waals surface area contributed by atoms with Crippen LogP contribution in [0.2, 0.25) is 0 Å². The Balaban J connectivity index is 1.38. The Morgan fingerprint density at radius 3 is 2.58 bits per heavy atom. The molecule has 3 heterocycles. The maximum atomic E-state index is 11.8. The Hall–Kier alpha value is -4.01. The highest BCUT2D eigenvalue weighted by Crippen LogP contribution is 2.28. The molecule has 0 aliphatic rings. The second-order valence-corrected chi connectivity index (χ2v) is 9.64. The van der Waals surface area contributed by atoms with E-state index in [-0.39, 0.29) is 5.91 Å². The van der Waals surface area contributed by atoms with E-state index in [2.05, 4.69) is 49.7 Å². The number of rotatable bonds is 9. The summed E-state index contributed by atoms with van der Waals surface area (Å²) >= 11 is 0. The summed E-state index contributed by atoms with van der Waals surface area (Å²) in [4.78, 5) is 21.6. The van der Waals surface area contributed by atoms with Gasteiger partial charge >= 0.3 is 0 Å². The van der Waals surface area contributed by atoms with Gasteiger partial charge < -0.3 is 15.2 Å². The molecular weight excluding hydrogens is 452 g/mol. The molecule has 2 aromatic carbocycles. The zero-order chi connectivity index (χ0) is 25.2. The van der Waals surface area contributed by atoms with E-state index in [1.165, 1.54) is 0 Å². The third-order valence-electron chi connectivity index (χ3n) is 6.34. The molecule has 5 aromatic rings. The van der Waals surface area contributed by atoms with Gasteiger partial charge in [-0.3, -0.25) is 9.20 Å². The average Bonchev–Trinajstić information content (AvgIpc) is 3.41. The molecular formula is C27H32N8O. The second-order valence-electron chi connectivity index (χ2n) is 9.64. The van der Waals surface area contributed by atoms with Crippen LogP contribution in [0.1, 0.15) is 38.9 Å². The van der Waals surface area contributed by atoms with Crippen molar-refractivity contribution in [2.75, 3.05) is 18.4 Å². The van der Waals surface area contributed by atoms with Crippen LogP contribution in [0.15, 0.2) is 42.5 Å². The smallest absolute Gasteiger partial charge is 0.220 e. The molecule has 0 bridgehead atoms. The number of aromatic nitrogens is 6. The van der Waals surface area contributed by atoms with E-state index in [9.17, 15) is 4.79 Å². The Morgan fingerprint density at radius 2 is 1.78 bits per heavy atom. The summed E-state index contributed by atoms with van der Waals surface area (Å²) in [6, 6.07) is 14.3. The first-order valence-electron chi connectivity index (χ1n) is 12.5. The van der Waals surface area contributed by atoms with Crippen LogP contribution in [-0.2, 0) is 11.8 Å². The molecule has 36 heavy (non-hydrogen) atoms. The minimum absolute atomic E-state index is 0.117. The molecule has 9 heteroatoms. The first kappa shape index (κ1) is 23.7. The molecule has 0 saturated carbocycles. The first-order valence-corrected chi connectivity index (χ1v) is 12.5. The van der Waals surface area contributed by atoms with Gasteiger partial charge in [-0.1, -0.05) is 26.0 Å². The monoisotopic (exact) mass is 484 g/mol. The topological polar surface area (TPSA) is 102 Å². The van der Waals surface area contributed by atoms with Crippen LogP contribution in [0.5, 0.6) is 0 Å². The molecule has 186 valence electrons. The number of carbonyl (C=O) groups is 1. The number of aryl methyl sites for hydroxylation is 2. The Labute approximate surface area is 210 Å². The molecule has 0 spiro atoms. The molecule has 0 saturated heterocycles. The summed E-state index contributed by atoms with van der Waals surface area (Å²) in [6.07, 6.45) is 2.36. The Bertz CT molecular complexity index is 1550. The average molecular weight is 485 g/mol. The van der Waals surface area contributed by atoms with Crippen LogP contribution in [0.3, 0.4) is 0 Å². The van der Waals surface area contributed by atoms with Crippen molar-refractivity contribution in [2.24, 2.45) is 13.0 Å². The molecule has 0 radical (unpaired) electrons. The summed E-state index contributed by atoms with van der Waals surface area (Å²) in [5.74, 6) is 2.90. The van der Waals surface area contributed by atoms with Crippen molar-refractivity contribution < 1.29 is 4.79 Å². The van der Waals surface area contributed by atoms with E-state index in [4.69, 9.17) is 9.97 Å². The van der Waals surface area contributed by atoms with Gasteiger partial charge in [-0.15, -0.1) is 10.2 Å². The van der Waals surface area contributed by atoms with Crippen LogP contribution >= 0.6 is 0 Å². The summed E-state index contributed by atoms with van der Waals surface area (Å²) in [5, 5.41) is 15.1. The normalized spacial score (nSPS) is 11.7. The second kappa shape index (κ2) is 9.93. The third kappa shape index (κ3) is 4.60. The van der Waals surface area contributed by atoms with Crippen LogP contribution in [-0.4, -0.2) is 48.1 Å². The minimum atomic E-state index is 0.117. The number of unbranched alkanes of at least 4 members (excludes halogenated alkanes) is 1. The van der Waals surface area contributed by atoms with E-state index < -0.39 is 0 Å². The summed E-state index contributed by atoms with van der Waals surface area (Å²) in [7, 11) is 2.04. The van der Waals surface area contributed by atoms with Gasteiger partial charge in [-0.25, -0.2) is 9.97 Å². The number of amides is 1. The van der Waals surface area contributed by atoms with E-state index in [0.29, 0.717) is 30.3 Å². The molecule has 2 N–H and O–H groups in total. The SMILES string of the molecule is Cc1nnc2c(NCCCCNC(=O)CC(C)C)nc3cc(-c4nc5ccccc5n4C)ccc3n12. The highest BCUT2D eigenvalue weighted by Gasteiger charge is 2.16. The number of nitrogens with zero attached hydrogens (tertiary/aromatic N) is 6. The fourth-order valence-corrected chi connectivity index (χ4v) is 4.57. The van der Waals surface area contributed by atoms with E-state index in [1.54, 1.807) is 0 Å². The molecule has 9 nitrogen and oxygen atoms in total. The Morgan fingerprint density at radius 1 is 0.972 bits per heavy atom. The maximum absolute atomic E-state index is 11.8. The lowest BCUT2D eigenvalue weighted by atomic mass is 10.1. The number of hydrogen-bond donors (Lipinski definition) is 2. The lowest BCUT2D eigenvalue weighted by Gasteiger charge is -2.11. The molecule has 3 aromatic heterocycles. The van der Waals surface area contributed by atoms with Gasteiger partial charge in [0.15, 0.2) is 5.82 Å². The molecule has 0 fully saturated rings. The molecule has 0 aliphatic heterocycles. The van der Waals surface area contributed by atoms with E-state index in [0.717, 1.165) is 58.7 Å². The van der Waals surface area contributed by atoms with Gasteiger partial charge in [0.25, 0.3) is 0 Å². The van der Waals surface area contributed by atoms with Gasteiger partial charge in [0, 0.05) is 32.1 Å². The van der Waals surface area contributed by atoms with Crippen molar-refractivity contribution in [3.05, 3.63) is 48.3 Å². The summed E-state index contributed by atoms with van der Waals surface area (Å²) in [6.45, 7) is 7.45. The lowest BCUT2D eigenvalue weighted by molar-refractivity contribution is -0.121. The molecule has 0 unspecified atom stereocenters. The number of carbonyl (C=O) groups excluding carboxylic acids is 1. The van der Waals surface area contributed by atoms with Gasteiger partial charge in [0.2, 0.25) is 11.6 Å². The fraction of sp³-hybridized carbons (Fsp3) is 0.370. The largest absolute Gasteiger partial charge is 0.367 e. The summed E-state index contributed by atoms with van der Waals surface area (Å²) < 4.78 is 4.15. The zero-order valence-electron chi connectivity index (χ0n) is 21.2. The Kier molecular flexibility index (Phi) is 6.54. The van der Waals surface area contributed by atoms with Crippen LogP contribution < -0.4 is 10.6 Å². The van der Waals surface area contributed by atoms with Crippen molar-refractivity contribution in [1.29, 1.82) is 0 Å². The van der Waals surface area contributed by atoms with Crippen molar-refractivity contribution in [3.63, 3.8) is 0 Å².